The molecule has 0 aromatic heterocycles. The molecule has 5 nitrogen and oxygen atoms in total. The molecule has 0 saturated carbocycles. The number of amides is 1. The fraction of sp³-hybridized carbons (Fsp3) is 0.500. The van der Waals surface area contributed by atoms with Crippen LogP contribution in [0.15, 0.2) is 30.3 Å². The molecule has 1 fully saturated rings. The van der Waals surface area contributed by atoms with Gasteiger partial charge in [-0.25, -0.2) is 4.79 Å². The third kappa shape index (κ3) is 3.27. The predicted molar refractivity (Wildman–Crippen MR) is 80.8 cm³/mol. The van der Waals surface area contributed by atoms with Gasteiger partial charge in [-0.1, -0.05) is 25.1 Å². The maximum absolute atomic E-state index is 11.8. The molecule has 1 heterocycles. The highest BCUT2D eigenvalue weighted by atomic mass is 16.6. The molecule has 0 radical (unpaired) electrons. The molecule has 1 aromatic rings. The van der Waals surface area contributed by atoms with Crippen molar-refractivity contribution < 1.29 is 9.53 Å². The van der Waals surface area contributed by atoms with Gasteiger partial charge in [0.15, 0.2) is 0 Å². The number of nitriles is 1. The smallest absolute Gasteiger partial charge is 0.409 e. The van der Waals surface area contributed by atoms with E-state index in [2.05, 4.69) is 11.4 Å². The van der Waals surface area contributed by atoms with Gasteiger partial charge in [-0.05, 0) is 19.1 Å². The summed E-state index contributed by atoms with van der Waals surface area (Å²) < 4.78 is 5.03. The molecule has 0 aliphatic carbocycles. The Bertz CT molecular complexity index is 526. The van der Waals surface area contributed by atoms with Gasteiger partial charge in [0.2, 0.25) is 0 Å². The van der Waals surface area contributed by atoms with Crippen LogP contribution in [0.5, 0.6) is 0 Å². The summed E-state index contributed by atoms with van der Waals surface area (Å²) in [4.78, 5) is 13.5. The van der Waals surface area contributed by atoms with Gasteiger partial charge in [0.25, 0.3) is 0 Å². The van der Waals surface area contributed by atoms with Gasteiger partial charge in [0.05, 0.1) is 12.7 Å². The largest absolute Gasteiger partial charge is 0.450 e. The molecular formula is C16H21N3O2. The Morgan fingerprint density at radius 2 is 2.24 bits per heavy atom. The first-order valence-electron chi connectivity index (χ1n) is 7.27. The molecule has 0 unspecified atom stereocenters. The summed E-state index contributed by atoms with van der Waals surface area (Å²) in [6, 6.07) is 12.1. The van der Waals surface area contributed by atoms with Crippen LogP contribution in [0.1, 0.15) is 20.3 Å². The molecular weight excluding hydrogens is 266 g/mol. The Kier molecular flexibility index (Phi) is 4.69. The minimum absolute atomic E-state index is 0.0147. The van der Waals surface area contributed by atoms with Crippen LogP contribution in [-0.4, -0.2) is 36.2 Å². The highest BCUT2D eigenvalue weighted by Gasteiger charge is 2.42. The van der Waals surface area contributed by atoms with Gasteiger partial charge in [-0.2, -0.15) is 5.26 Å². The summed E-state index contributed by atoms with van der Waals surface area (Å²) >= 11 is 0. The minimum atomic E-state index is -0.648. The molecule has 5 heteroatoms. The van der Waals surface area contributed by atoms with Crippen molar-refractivity contribution in [2.75, 3.05) is 25.0 Å². The summed E-state index contributed by atoms with van der Waals surface area (Å²) in [6.45, 7) is 5.20. The minimum Gasteiger partial charge on any atom is -0.450 e. The zero-order valence-electron chi connectivity index (χ0n) is 12.5. The summed E-state index contributed by atoms with van der Waals surface area (Å²) in [5.41, 5.74) is 0.278. The van der Waals surface area contributed by atoms with Crippen molar-refractivity contribution in [3.8, 4) is 6.07 Å². The number of nitrogens with zero attached hydrogens (tertiary/aromatic N) is 2. The van der Waals surface area contributed by atoms with E-state index in [0.717, 1.165) is 5.69 Å². The van der Waals surface area contributed by atoms with Crippen molar-refractivity contribution in [3.63, 3.8) is 0 Å². The van der Waals surface area contributed by atoms with Crippen molar-refractivity contribution in [1.82, 2.24) is 4.90 Å². The number of benzene rings is 1. The van der Waals surface area contributed by atoms with E-state index in [9.17, 15) is 10.1 Å². The van der Waals surface area contributed by atoms with E-state index in [1.54, 1.807) is 11.8 Å². The maximum Gasteiger partial charge on any atom is 0.409 e. The van der Waals surface area contributed by atoms with Crippen molar-refractivity contribution in [2.45, 2.75) is 25.8 Å². The quantitative estimate of drug-likeness (QED) is 0.928. The van der Waals surface area contributed by atoms with Gasteiger partial charge in [0.1, 0.15) is 5.54 Å². The average Bonchev–Trinajstić information content (AvgIpc) is 2.50. The third-order valence-electron chi connectivity index (χ3n) is 3.98. The van der Waals surface area contributed by atoms with E-state index >= 15 is 0 Å². The van der Waals surface area contributed by atoms with E-state index in [1.807, 2.05) is 37.3 Å². The second kappa shape index (κ2) is 6.49. The number of carbonyl (C=O) groups is 1. The van der Waals surface area contributed by atoms with Crippen LogP contribution in [0.2, 0.25) is 0 Å². The molecule has 1 aromatic carbocycles. The SMILES string of the molecule is CCOC(=O)N1CC[C@](C#N)(Nc2ccccc2)[C@@H](C)C1. The standard InChI is InChI=1S/C16H21N3O2/c1-3-21-15(20)19-10-9-16(12-17,13(2)11-19)18-14-7-5-4-6-8-14/h4-8,13,18H,3,9-11H2,1-2H3/t13-,16+/m0/s1. The topological polar surface area (TPSA) is 65.4 Å². The number of likely N-dealkylation sites (tertiary alicyclic amines) is 1. The van der Waals surface area contributed by atoms with E-state index in [4.69, 9.17) is 4.74 Å². The van der Waals surface area contributed by atoms with Crippen LogP contribution in [0, 0.1) is 17.2 Å². The Labute approximate surface area is 125 Å². The number of piperidine rings is 1. The van der Waals surface area contributed by atoms with Crippen molar-refractivity contribution in [3.05, 3.63) is 30.3 Å². The molecule has 1 aliphatic rings. The lowest BCUT2D eigenvalue weighted by Crippen LogP contribution is -2.55. The molecule has 0 spiro atoms. The number of rotatable bonds is 3. The van der Waals surface area contributed by atoms with Crippen LogP contribution in [0.3, 0.4) is 0 Å². The van der Waals surface area contributed by atoms with E-state index in [-0.39, 0.29) is 12.0 Å². The van der Waals surface area contributed by atoms with Crippen LogP contribution < -0.4 is 5.32 Å². The van der Waals surface area contributed by atoms with Crippen molar-refractivity contribution in [1.29, 1.82) is 5.26 Å². The Hall–Kier alpha value is -2.22. The Morgan fingerprint density at radius 1 is 1.52 bits per heavy atom. The van der Waals surface area contributed by atoms with E-state index in [1.165, 1.54) is 0 Å². The lowest BCUT2D eigenvalue weighted by Gasteiger charge is -2.42. The Balaban J connectivity index is 2.09. The van der Waals surface area contributed by atoms with Gasteiger partial charge in [-0.15, -0.1) is 0 Å². The molecule has 21 heavy (non-hydrogen) atoms. The molecule has 1 amide bonds. The lowest BCUT2D eigenvalue weighted by atomic mass is 9.79. The predicted octanol–water partition coefficient (Wildman–Crippen LogP) is 2.86. The lowest BCUT2D eigenvalue weighted by molar-refractivity contribution is 0.0806. The zero-order valence-corrected chi connectivity index (χ0v) is 12.5. The molecule has 0 bridgehead atoms. The van der Waals surface area contributed by atoms with Crippen LogP contribution in [0.25, 0.3) is 0 Å². The molecule has 1 saturated heterocycles. The maximum atomic E-state index is 11.8. The second-order valence-electron chi connectivity index (χ2n) is 5.37. The number of hydrogen-bond acceptors (Lipinski definition) is 4. The molecule has 2 atom stereocenters. The monoisotopic (exact) mass is 287 g/mol. The van der Waals surface area contributed by atoms with Crippen LogP contribution in [0.4, 0.5) is 10.5 Å². The summed E-state index contributed by atoms with van der Waals surface area (Å²) in [7, 11) is 0. The second-order valence-corrected chi connectivity index (χ2v) is 5.37. The zero-order chi connectivity index (χ0) is 15.3. The highest BCUT2D eigenvalue weighted by Crippen LogP contribution is 2.31. The summed E-state index contributed by atoms with van der Waals surface area (Å²) in [6.07, 6.45) is 0.286. The van der Waals surface area contributed by atoms with Gasteiger partial charge in [-0.3, -0.25) is 0 Å². The molecule has 2 rings (SSSR count). The summed E-state index contributed by atoms with van der Waals surface area (Å²) in [5, 5.41) is 13.0. The van der Waals surface area contributed by atoms with Crippen molar-refractivity contribution in [2.24, 2.45) is 5.92 Å². The first kappa shape index (κ1) is 15.2. The van der Waals surface area contributed by atoms with E-state index < -0.39 is 5.54 Å². The molecule has 112 valence electrons. The van der Waals surface area contributed by atoms with Crippen molar-refractivity contribution >= 4 is 11.8 Å². The number of ether oxygens (including phenoxy) is 1. The van der Waals surface area contributed by atoms with Gasteiger partial charge in [0, 0.05) is 31.1 Å². The first-order chi connectivity index (χ1) is 10.1. The number of nitrogens with one attached hydrogen (secondary N) is 1. The first-order valence-corrected chi connectivity index (χ1v) is 7.27. The normalized spacial score (nSPS) is 25.0. The summed E-state index contributed by atoms with van der Waals surface area (Å²) in [5.74, 6) is 0.0147. The van der Waals surface area contributed by atoms with Gasteiger partial charge >= 0.3 is 6.09 Å². The third-order valence-corrected chi connectivity index (χ3v) is 3.98. The van der Waals surface area contributed by atoms with Gasteiger partial charge < -0.3 is 15.0 Å². The number of carbonyl (C=O) groups excluding carboxylic acids is 1. The van der Waals surface area contributed by atoms with Crippen LogP contribution in [-0.2, 0) is 4.74 Å². The number of anilines is 1. The number of hydrogen-bond donors (Lipinski definition) is 1. The fourth-order valence-corrected chi connectivity index (χ4v) is 2.67. The fourth-order valence-electron chi connectivity index (χ4n) is 2.67. The van der Waals surface area contributed by atoms with E-state index in [0.29, 0.717) is 26.1 Å². The number of para-hydroxylation sites is 1. The Morgan fingerprint density at radius 3 is 2.81 bits per heavy atom. The molecule has 1 N–H and O–H groups in total. The average molecular weight is 287 g/mol. The highest BCUT2D eigenvalue weighted by molar-refractivity contribution is 5.68. The van der Waals surface area contributed by atoms with Crippen LogP contribution >= 0.6 is 0 Å². The molecule has 1 aliphatic heterocycles.